The zero-order valence-electron chi connectivity index (χ0n) is 20.7. The molecule has 0 amide bonds. The van der Waals surface area contributed by atoms with Crippen LogP contribution in [0.5, 0.6) is 0 Å². The van der Waals surface area contributed by atoms with Crippen LogP contribution in [0.4, 0.5) is 5.69 Å². The number of rotatable bonds is 8. The van der Waals surface area contributed by atoms with Crippen molar-refractivity contribution in [3.05, 3.63) is 90.5 Å². The maximum absolute atomic E-state index is 14.8. The first kappa shape index (κ1) is 25.0. The van der Waals surface area contributed by atoms with Crippen LogP contribution in [0.15, 0.2) is 84.9 Å². The molecular formula is C29H32NO4PS. The van der Waals surface area contributed by atoms with Crippen molar-refractivity contribution >= 4 is 39.2 Å². The lowest BCUT2D eigenvalue weighted by atomic mass is 9.70. The molecule has 2 bridgehead atoms. The van der Waals surface area contributed by atoms with Crippen molar-refractivity contribution < 1.29 is 17.8 Å². The van der Waals surface area contributed by atoms with Gasteiger partial charge in [0, 0.05) is 23.2 Å². The van der Waals surface area contributed by atoms with E-state index in [0.717, 1.165) is 12.0 Å². The fourth-order valence-electron chi connectivity index (χ4n) is 6.34. The zero-order chi connectivity index (χ0) is 25.6. The molecule has 2 aliphatic rings. The van der Waals surface area contributed by atoms with Crippen LogP contribution in [0.3, 0.4) is 0 Å². The Balaban J connectivity index is 1.54. The third-order valence-corrected chi connectivity index (χ3v) is 13.1. The minimum atomic E-state index is -3.90. The van der Waals surface area contributed by atoms with E-state index in [-0.39, 0.29) is 29.0 Å². The molecule has 5 rings (SSSR count). The number of nitrogens with one attached hydrogen (secondary N) is 1. The third-order valence-electron chi connectivity index (χ3n) is 8.56. The van der Waals surface area contributed by atoms with Crippen LogP contribution < -0.4 is 15.3 Å². The lowest BCUT2D eigenvalue weighted by Crippen LogP contribution is -2.43. The van der Waals surface area contributed by atoms with Crippen LogP contribution in [-0.2, 0) is 25.5 Å². The Labute approximate surface area is 213 Å². The number of carbonyl (C=O) groups excluding carboxylic acids is 1. The maximum atomic E-state index is 14.8. The summed E-state index contributed by atoms with van der Waals surface area (Å²) in [5.74, 6) is 0.0449. The van der Waals surface area contributed by atoms with Gasteiger partial charge in [0.1, 0.15) is 12.9 Å². The fraction of sp³-hybridized carbons (Fsp3) is 0.345. The molecule has 3 aromatic carbocycles. The molecule has 3 aromatic rings. The average Bonchev–Trinajstić information content (AvgIpc) is 3.19. The van der Waals surface area contributed by atoms with E-state index in [0.29, 0.717) is 29.1 Å². The van der Waals surface area contributed by atoms with Crippen molar-refractivity contribution in [1.29, 1.82) is 0 Å². The van der Waals surface area contributed by atoms with E-state index in [9.17, 15) is 17.8 Å². The topological polar surface area (TPSA) is 80.3 Å². The second kappa shape index (κ2) is 9.00. The predicted octanol–water partition coefficient (Wildman–Crippen LogP) is 5.34. The second-order valence-electron chi connectivity index (χ2n) is 10.8. The molecule has 3 unspecified atom stereocenters. The second-order valence-corrected chi connectivity index (χ2v) is 15.3. The molecule has 2 aliphatic carbocycles. The van der Waals surface area contributed by atoms with Crippen LogP contribution in [0.2, 0.25) is 0 Å². The van der Waals surface area contributed by atoms with Crippen molar-refractivity contribution in [2.75, 3.05) is 10.5 Å². The van der Waals surface area contributed by atoms with Crippen LogP contribution in [-0.4, -0.2) is 20.0 Å². The molecule has 2 fully saturated rings. The van der Waals surface area contributed by atoms with E-state index in [1.807, 2.05) is 74.5 Å². The molecule has 0 saturated heterocycles. The van der Waals surface area contributed by atoms with Gasteiger partial charge in [-0.1, -0.05) is 86.6 Å². The molecule has 5 nitrogen and oxygen atoms in total. The van der Waals surface area contributed by atoms with Gasteiger partial charge in [-0.3, -0.25) is 9.52 Å². The smallest absolute Gasteiger partial charge is 0.233 e. The van der Waals surface area contributed by atoms with Gasteiger partial charge in [0.15, 0.2) is 0 Å². The maximum Gasteiger partial charge on any atom is 0.233 e. The summed E-state index contributed by atoms with van der Waals surface area (Å²) in [4.78, 5) is 13.0. The minimum Gasteiger partial charge on any atom is -0.313 e. The molecular weight excluding hydrogens is 489 g/mol. The zero-order valence-corrected chi connectivity index (χ0v) is 22.4. The van der Waals surface area contributed by atoms with Crippen molar-refractivity contribution in [1.82, 2.24) is 0 Å². The van der Waals surface area contributed by atoms with E-state index in [4.69, 9.17) is 0 Å². The highest BCUT2D eigenvalue weighted by Gasteiger charge is 2.65. The Morgan fingerprint density at radius 3 is 2.14 bits per heavy atom. The Morgan fingerprint density at radius 1 is 0.917 bits per heavy atom. The lowest BCUT2D eigenvalue weighted by molar-refractivity contribution is -0.128. The quantitative estimate of drug-likeness (QED) is 0.406. The summed E-state index contributed by atoms with van der Waals surface area (Å²) >= 11 is 0. The van der Waals surface area contributed by atoms with E-state index < -0.39 is 22.6 Å². The number of hydrogen-bond donors (Lipinski definition) is 1. The average molecular weight is 522 g/mol. The number of para-hydroxylation sites is 1. The monoisotopic (exact) mass is 521 g/mol. The molecule has 3 atom stereocenters. The van der Waals surface area contributed by atoms with Crippen molar-refractivity contribution in [2.45, 2.75) is 39.3 Å². The van der Waals surface area contributed by atoms with E-state index in [1.54, 1.807) is 24.3 Å². The van der Waals surface area contributed by atoms with Crippen LogP contribution in [0.25, 0.3) is 0 Å². The van der Waals surface area contributed by atoms with Crippen molar-refractivity contribution in [3.8, 4) is 0 Å². The lowest BCUT2D eigenvalue weighted by Gasteiger charge is -2.36. The van der Waals surface area contributed by atoms with E-state index >= 15 is 0 Å². The summed E-state index contributed by atoms with van der Waals surface area (Å²) < 4.78 is 44.8. The number of ketones is 1. The third kappa shape index (κ3) is 4.14. The van der Waals surface area contributed by atoms with Gasteiger partial charge in [-0.15, -0.1) is 0 Å². The molecule has 0 heterocycles. The van der Waals surface area contributed by atoms with Gasteiger partial charge in [-0.25, -0.2) is 8.42 Å². The standard InChI is InChI=1S/C29H32NO4PS/c1-28(2)23-17-18-29(28,27(31)19-23)21-36(33,34)30-25-15-9-10-16-26(25)35(32,24-13-7-4-8-14-24)20-22-11-5-3-6-12-22/h3-16,23,30H,17-21H2,1-2H3. The Bertz CT molecular complexity index is 1440. The molecule has 0 spiro atoms. The summed E-state index contributed by atoms with van der Waals surface area (Å²) in [6.07, 6.45) is 2.21. The Hall–Kier alpha value is -2.69. The van der Waals surface area contributed by atoms with Gasteiger partial charge in [0.25, 0.3) is 0 Å². The van der Waals surface area contributed by atoms with Crippen molar-refractivity contribution in [3.63, 3.8) is 0 Å². The van der Waals surface area contributed by atoms with Crippen LogP contribution in [0, 0.1) is 16.7 Å². The van der Waals surface area contributed by atoms with Gasteiger partial charge in [0.05, 0.1) is 16.9 Å². The summed E-state index contributed by atoms with van der Waals surface area (Å²) in [6.45, 7) is 4.06. The summed E-state index contributed by atoms with van der Waals surface area (Å²) in [7, 11) is -7.15. The Morgan fingerprint density at radius 2 is 1.53 bits per heavy atom. The first-order valence-corrected chi connectivity index (χ1v) is 15.9. The Kier molecular flexibility index (Phi) is 6.25. The highest BCUT2D eigenvalue weighted by molar-refractivity contribution is 7.92. The van der Waals surface area contributed by atoms with Gasteiger partial charge >= 0.3 is 0 Å². The number of benzene rings is 3. The van der Waals surface area contributed by atoms with Crippen LogP contribution >= 0.6 is 7.14 Å². The van der Waals surface area contributed by atoms with Gasteiger partial charge in [0.2, 0.25) is 10.0 Å². The molecule has 188 valence electrons. The number of Topliss-reactive ketones (excluding diaryl/α,β-unsaturated/α-hetero) is 1. The SMILES string of the molecule is CC1(C)C2CCC1(CS(=O)(=O)Nc1ccccc1P(=O)(Cc1ccccc1)c1ccccc1)C(=O)C2. The minimum absolute atomic E-state index is 0.0569. The number of sulfonamides is 1. The molecule has 1 N–H and O–H groups in total. The number of carbonyl (C=O) groups is 1. The van der Waals surface area contributed by atoms with Gasteiger partial charge in [-0.05, 0) is 41.9 Å². The largest absolute Gasteiger partial charge is 0.313 e. The predicted molar refractivity (Wildman–Crippen MR) is 146 cm³/mol. The molecule has 36 heavy (non-hydrogen) atoms. The summed E-state index contributed by atoms with van der Waals surface area (Å²) in [5, 5.41) is 1.15. The first-order valence-electron chi connectivity index (χ1n) is 12.4. The van der Waals surface area contributed by atoms with Crippen LogP contribution in [0.1, 0.15) is 38.7 Å². The van der Waals surface area contributed by atoms with Gasteiger partial charge in [-0.2, -0.15) is 0 Å². The number of fused-ring (bicyclic) bond motifs is 2. The summed E-state index contributed by atoms with van der Waals surface area (Å²) in [5.41, 5.74) is 0.00251. The van der Waals surface area contributed by atoms with Gasteiger partial charge < -0.3 is 4.57 Å². The van der Waals surface area contributed by atoms with E-state index in [2.05, 4.69) is 4.72 Å². The highest BCUT2D eigenvalue weighted by atomic mass is 32.2. The van der Waals surface area contributed by atoms with E-state index in [1.165, 1.54) is 0 Å². The highest BCUT2D eigenvalue weighted by Crippen LogP contribution is 2.64. The molecule has 7 heteroatoms. The number of hydrogen-bond acceptors (Lipinski definition) is 4. The molecule has 0 aliphatic heterocycles. The number of anilines is 1. The molecule has 0 radical (unpaired) electrons. The fourth-order valence-corrected chi connectivity index (χ4v) is 11.2. The normalized spacial score (nSPS) is 24.4. The van der Waals surface area contributed by atoms with Crippen molar-refractivity contribution in [2.24, 2.45) is 16.7 Å². The molecule has 2 saturated carbocycles. The summed E-state index contributed by atoms with van der Waals surface area (Å²) in [6, 6.07) is 25.8. The molecule has 0 aromatic heterocycles. The first-order chi connectivity index (χ1) is 17.1.